The summed E-state index contributed by atoms with van der Waals surface area (Å²) in [5, 5.41) is 3.26. The van der Waals surface area contributed by atoms with E-state index < -0.39 is 0 Å². The number of benzene rings is 1. The zero-order valence-corrected chi connectivity index (χ0v) is 14.5. The molecule has 1 N–H and O–H groups in total. The molecule has 1 amide bonds. The quantitative estimate of drug-likeness (QED) is 0.874. The van der Waals surface area contributed by atoms with E-state index in [2.05, 4.69) is 53.4 Å². The number of aryl methyl sites for hydroxylation is 2. The van der Waals surface area contributed by atoms with Gasteiger partial charge < -0.3 is 5.32 Å². The van der Waals surface area contributed by atoms with E-state index in [-0.39, 0.29) is 17.4 Å². The molecule has 1 aromatic heterocycles. The molecule has 126 valence electrons. The Bertz CT molecular complexity index is 697. The maximum absolute atomic E-state index is 12.5. The van der Waals surface area contributed by atoms with Gasteiger partial charge in [-0.1, -0.05) is 38.1 Å². The Morgan fingerprint density at radius 1 is 1.29 bits per heavy atom. The van der Waals surface area contributed by atoms with E-state index in [1.54, 1.807) is 6.20 Å². The number of fused-ring (bicyclic) bond motifs is 1. The average Bonchev–Trinajstić information content (AvgIpc) is 2.71. The molecule has 0 saturated heterocycles. The number of nitrogens with zero attached hydrogens (tertiary/aromatic N) is 2. The summed E-state index contributed by atoms with van der Waals surface area (Å²) in [5.74, 6) is 0.0890. The lowest BCUT2D eigenvalue weighted by Crippen LogP contribution is -2.31. The first-order valence-corrected chi connectivity index (χ1v) is 8.66. The number of amides is 1. The molecule has 0 radical (unpaired) electrons. The van der Waals surface area contributed by atoms with Gasteiger partial charge >= 0.3 is 0 Å². The Labute approximate surface area is 143 Å². The van der Waals surface area contributed by atoms with Gasteiger partial charge in [0.05, 0.1) is 6.04 Å². The van der Waals surface area contributed by atoms with E-state index in [9.17, 15) is 4.79 Å². The molecule has 1 aliphatic rings. The fraction of sp³-hybridized carbons (Fsp3) is 0.450. The highest BCUT2D eigenvalue weighted by Gasteiger charge is 2.30. The lowest BCUT2D eigenvalue weighted by atomic mass is 9.83. The van der Waals surface area contributed by atoms with Crippen molar-refractivity contribution in [1.29, 1.82) is 0 Å². The first-order valence-electron chi connectivity index (χ1n) is 8.66. The van der Waals surface area contributed by atoms with Crippen molar-refractivity contribution in [3.05, 3.63) is 59.7 Å². The monoisotopic (exact) mass is 323 g/mol. The number of nitrogens with one attached hydrogen (secondary N) is 1. The van der Waals surface area contributed by atoms with Crippen LogP contribution in [-0.2, 0) is 17.6 Å². The predicted molar refractivity (Wildman–Crippen MR) is 94.4 cm³/mol. The second-order valence-corrected chi connectivity index (χ2v) is 7.39. The van der Waals surface area contributed by atoms with Gasteiger partial charge in [0.25, 0.3) is 0 Å². The molecule has 24 heavy (non-hydrogen) atoms. The molecule has 1 unspecified atom stereocenters. The van der Waals surface area contributed by atoms with Gasteiger partial charge in [0.15, 0.2) is 0 Å². The molecular weight excluding hydrogens is 298 g/mol. The van der Waals surface area contributed by atoms with E-state index in [4.69, 9.17) is 0 Å². The first-order chi connectivity index (χ1) is 11.5. The molecule has 1 aromatic carbocycles. The highest BCUT2D eigenvalue weighted by molar-refractivity contribution is 5.76. The molecule has 0 saturated carbocycles. The molecule has 4 nitrogen and oxygen atoms in total. The fourth-order valence-corrected chi connectivity index (χ4v) is 3.44. The second-order valence-electron chi connectivity index (χ2n) is 7.39. The average molecular weight is 323 g/mol. The van der Waals surface area contributed by atoms with Gasteiger partial charge in [-0.25, -0.2) is 9.97 Å². The highest BCUT2D eigenvalue weighted by Crippen LogP contribution is 2.39. The van der Waals surface area contributed by atoms with Gasteiger partial charge in [0.2, 0.25) is 5.91 Å². The van der Waals surface area contributed by atoms with Crippen LogP contribution in [-0.4, -0.2) is 15.9 Å². The van der Waals surface area contributed by atoms with E-state index in [0.717, 1.165) is 25.0 Å². The summed E-state index contributed by atoms with van der Waals surface area (Å²) in [6.07, 6.45) is 7.54. The van der Waals surface area contributed by atoms with Crippen LogP contribution >= 0.6 is 0 Å². The summed E-state index contributed by atoms with van der Waals surface area (Å²) in [7, 11) is 0. The Balaban J connectivity index is 1.69. The third-order valence-corrected chi connectivity index (χ3v) is 4.84. The Morgan fingerprint density at radius 3 is 2.92 bits per heavy atom. The summed E-state index contributed by atoms with van der Waals surface area (Å²) in [5.41, 5.74) is 3.77. The Kier molecular flexibility index (Phi) is 4.93. The van der Waals surface area contributed by atoms with Crippen LogP contribution in [0.15, 0.2) is 42.9 Å². The van der Waals surface area contributed by atoms with Gasteiger partial charge in [0.1, 0.15) is 6.33 Å². The largest absolute Gasteiger partial charge is 0.349 e. The van der Waals surface area contributed by atoms with Crippen LogP contribution in [0, 0.1) is 5.41 Å². The van der Waals surface area contributed by atoms with E-state index in [1.807, 2.05) is 6.07 Å². The maximum Gasteiger partial charge on any atom is 0.220 e. The summed E-state index contributed by atoms with van der Waals surface area (Å²) in [6.45, 7) is 4.58. The smallest absolute Gasteiger partial charge is 0.220 e. The SMILES string of the molecule is CC1(C)CCc2ccccc2C(NC(=O)CCc2ccncn2)C1. The number of rotatable bonds is 4. The van der Waals surface area contributed by atoms with Gasteiger partial charge in [-0.15, -0.1) is 0 Å². The van der Waals surface area contributed by atoms with Crippen LogP contribution in [0.4, 0.5) is 0 Å². The van der Waals surface area contributed by atoms with Crippen LogP contribution in [0.3, 0.4) is 0 Å². The standard InChI is InChI=1S/C20H25N3O/c1-20(2)11-9-15-5-3-4-6-17(15)18(13-20)23-19(24)8-7-16-10-12-21-14-22-16/h3-6,10,12,14,18H,7-9,11,13H2,1-2H3,(H,23,24). The van der Waals surface area contributed by atoms with Crippen molar-refractivity contribution in [1.82, 2.24) is 15.3 Å². The van der Waals surface area contributed by atoms with Crippen LogP contribution in [0.2, 0.25) is 0 Å². The van der Waals surface area contributed by atoms with Crippen molar-refractivity contribution in [2.45, 2.75) is 52.0 Å². The molecular formula is C20H25N3O. The van der Waals surface area contributed by atoms with E-state index in [1.165, 1.54) is 17.5 Å². The normalized spacial score (nSPS) is 19.2. The second kappa shape index (κ2) is 7.12. The van der Waals surface area contributed by atoms with Crippen molar-refractivity contribution < 1.29 is 4.79 Å². The third-order valence-electron chi connectivity index (χ3n) is 4.84. The molecule has 2 aromatic rings. The summed E-state index contributed by atoms with van der Waals surface area (Å²) in [4.78, 5) is 20.5. The number of carbonyl (C=O) groups excluding carboxylic acids is 1. The van der Waals surface area contributed by atoms with Crippen molar-refractivity contribution >= 4 is 5.91 Å². The topological polar surface area (TPSA) is 54.9 Å². The van der Waals surface area contributed by atoms with Crippen LogP contribution in [0.5, 0.6) is 0 Å². The number of hydrogen-bond acceptors (Lipinski definition) is 3. The maximum atomic E-state index is 12.5. The molecule has 1 atom stereocenters. The molecule has 0 bridgehead atoms. The molecule has 1 aliphatic carbocycles. The minimum atomic E-state index is 0.0890. The number of hydrogen-bond donors (Lipinski definition) is 1. The van der Waals surface area contributed by atoms with E-state index >= 15 is 0 Å². The van der Waals surface area contributed by atoms with Crippen molar-refractivity contribution in [3.63, 3.8) is 0 Å². The minimum absolute atomic E-state index is 0.0890. The summed E-state index contributed by atoms with van der Waals surface area (Å²) in [6, 6.07) is 10.5. The summed E-state index contributed by atoms with van der Waals surface area (Å²) < 4.78 is 0. The Morgan fingerprint density at radius 2 is 2.12 bits per heavy atom. The molecule has 0 aliphatic heterocycles. The third kappa shape index (κ3) is 4.19. The number of carbonyl (C=O) groups is 1. The highest BCUT2D eigenvalue weighted by atomic mass is 16.1. The zero-order chi connectivity index (χ0) is 17.0. The summed E-state index contributed by atoms with van der Waals surface area (Å²) >= 11 is 0. The molecule has 3 rings (SSSR count). The van der Waals surface area contributed by atoms with Gasteiger partial charge in [-0.3, -0.25) is 4.79 Å². The molecule has 0 fully saturated rings. The molecule has 4 heteroatoms. The van der Waals surface area contributed by atoms with Crippen molar-refractivity contribution in [3.8, 4) is 0 Å². The van der Waals surface area contributed by atoms with Crippen LogP contribution in [0.1, 0.15) is 56.0 Å². The minimum Gasteiger partial charge on any atom is -0.349 e. The first kappa shape index (κ1) is 16.6. The van der Waals surface area contributed by atoms with Crippen molar-refractivity contribution in [2.75, 3.05) is 0 Å². The zero-order valence-electron chi connectivity index (χ0n) is 14.5. The molecule has 0 spiro atoms. The van der Waals surface area contributed by atoms with Gasteiger partial charge in [-0.05, 0) is 48.3 Å². The van der Waals surface area contributed by atoms with Gasteiger partial charge in [0, 0.05) is 18.3 Å². The lowest BCUT2D eigenvalue weighted by Gasteiger charge is -2.27. The van der Waals surface area contributed by atoms with Crippen LogP contribution < -0.4 is 5.32 Å². The van der Waals surface area contributed by atoms with Crippen LogP contribution in [0.25, 0.3) is 0 Å². The van der Waals surface area contributed by atoms with Crippen molar-refractivity contribution in [2.24, 2.45) is 5.41 Å². The van der Waals surface area contributed by atoms with E-state index in [0.29, 0.717) is 12.8 Å². The lowest BCUT2D eigenvalue weighted by molar-refractivity contribution is -0.122. The van der Waals surface area contributed by atoms with Gasteiger partial charge in [-0.2, -0.15) is 0 Å². The fourth-order valence-electron chi connectivity index (χ4n) is 3.44. The Hall–Kier alpha value is -2.23. The number of aromatic nitrogens is 2. The molecule has 1 heterocycles. The predicted octanol–water partition coefficient (Wildman–Crippen LogP) is 3.63.